The summed E-state index contributed by atoms with van der Waals surface area (Å²) in [6, 6.07) is 10.4. The van der Waals surface area contributed by atoms with Gasteiger partial charge in [0.2, 0.25) is 0 Å². The van der Waals surface area contributed by atoms with Crippen LogP contribution in [0.15, 0.2) is 30.5 Å². The van der Waals surface area contributed by atoms with Crippen LogP contribution in [0.5, 0.6) is 0 Å². The highest BCUT2D eigenvalue weighted by Gasteiger charge is 2.17. The lowest BCUT2D eigenvalue weighted by Crippen LogP contribution is -2.36. The first-order valence-corrected chi connectivity index (χ1v) is 7.22. The predicted octanol–water partition coefficient (Wildman–Crippen LogP) is 3.10. The third kappa shape index (κ3) is 3.50. The zero-order chi connectivity index (χ0) is 15.4. The summed E-state index contributed by atoms with van der Waals surface area (Å²) < 4.78 is 0. The molecule has 0 aliphatic rings. The van der Waals surface area contributed by atoms with E-state index in [0.717, 1.165) is 23.1 Å². The predicted molar refractivity (Wildman–Crippen MR) is 87.3 cm³/mol. The fourth-order valence-corrected chi connectivity index (χ4v) is 2.38. The van der Waals surface area contributed by atoms with Gasteiger partial charge in [0.25, 0.3) is 0 Å². The molecule has 1 N–H and O–H groups in total. The van der Waals surface area contributed by atoms with E-state index in [9.17, 15) is 5.26 Å². The van der Waals surface area contributed by atoms with E-state index in [4.69, 9.17) is 0 Å². The minimum atomic E-state index is 0.276. The Morgan fingerprint density at radius 1 is 1.29 bits per heavy atom. The highest BCUT2D eigenvalue weighted by atomic mass is 15.1. The number of rotatable bonds is 5. The first kappa shape index (κ1) is 15.3. The van der Waals surface area contributed by atoms with Crippen LogP contribution in [0.1, 0.15) is 19.4 Å². The van der Waals surface area contributed by atoms with Crippen molar-refractivity contribution in [2.24, 2.45) is 5.92 Å². The second kappa shape index (κ2) is 6.55. The Labute approximate surface area is 126 Å². The topological polar surface area (TPSA) is 52.0 Å². The number of hydrogen-bond acceptors (Lipinski definition) is 4. The van der Waals surface area contributed by atoms with Crippen molar-refractivity contribution >= 4 is 16.6 Å². The minimum absolute atomic E-state index is 0.276. The molecule has 0 radical (unpaired) electrons. The van der Waals surface area contributed by atoms with Crippen molar-refractivity contribution in [3.8, 4) is 6.07 Å². The second-order valence-electron chi connectivity index (χ2n) is 5.93. The maximum absolute atomic E-state index is 9.37. The summed E-state index contributed by atoms with van der Waals surface area (Å²) in [7, 11) is 4.12. The molecule has 1 atom stereocenters. The molecule has 4 heteroatoms. The van der Waals surface area contributed by atoms with Crippen LogP contribution in [0.25, 0.3) is 10.9 Å². The summed E-state index contributed by atoms with van der Waals surface area (Å²) in [6.45, 7) is 5.30. The van der Waals surface area contributed by atoms with Crippen LogP contribution in [0.2, 0.25) is 0 Å². The molecular weight excluding hydrogens is 260 g/mol. The van der Waals surface area contributed by atoms with Gasteiger partial charge in [0, 0.05) is 24.2 Å². The highest BCUT2D eigenvalue weighted by Crippen LogP contribution is 2.27. The number of nitrogens with zero attached hydrogens (tertiary/aromatic N) is 3. The molecule has 21 heavy (non-hydrogen) atoms. The molecule has 0 aliphatic carbocycles. The normalized spacial score (nSPS) is 12.6. The number of aromatic nitrogens is 1. The summed E-state index contributed by atoms with van der Waals surface area (Å²) in [4.78, 5) is 6.51. The van der Waals surface area contributed by atoms with Crippen LogP contribution in [-0.4, -0.2) is 36.6 Å². The second-order valence-corrected chi connectivity index (χ2v) is 5.93. The number of hydrogen-bond donors (Lipinski definition) is 1. The minimum Gasteiger partial charge on any atom is -0.379 e. The molecule has 2 rings (SSSR count). The molecule has 1 aromatic carbocycles. The van der Waals surface area contributed by atoms with Gasteiger partial charge in [0.05, 0.1) is 16.8 Å². The van der Waals surface area contributed by atoms with E-state index in [0.29, 0.717) is 11.5 Å². The van der Waals surface area contributed by atoms with Crippen molar-refractivity contribution in [3.63, 3.8) is 0 Å². The van der Waals surface area contributed by atoms with Crippen LogP contribution >= 0.6 is 0 Å². The Kier molecular flexibility index (Phi) is 4.77. The van der Waals surface area contributed by atoms with E-state index in [2.05, 4.69) is 49.2 Å². The molecule has 0 saturated heterocycles. The van der Waals surface area contributed by atoms with Crippen molar-refractivity contribution < 1.29 is 0 Å². The van der Waals surface area contributed by atoms with Crippen LogP contribution in [0.4, 0.5) is 5.69 Å². The van der Waals surface area contributed by atoms with Gasteiger partial charge in [0.15, 0.2) is 0 Å². The Balaban J connectivity index is 2.46. The third-order valence-electron chi connectivity index (χ3n) is 3.59. The fraction of sp³-hybridized carbons (Fsp3) is 0.412. The molecular formula is C17H22N4. The van der Waals surface area contributed by atoms with Gasteiger partial charge in [-0.05, 0) is 26.1 Å². The number of nitrogens with one attached hydrogen (secondary N) is 1. The standard InChI is InChI=1S/C17H22N4/c1-12(2)16(11-21(3)4)20-17-13(9-18)10-19-15-8-6-5-7-14(15)17/h5-8,10,12,16H,11H2,1-4H3,(H,19,20). The molecule has 0 fully saturated rings. The maximum atomic E-state index is 9.37. The average Bonchev–Trinajstić information content (AvgIpc) is 2.46. The molecule has 0 aliphatic heterocycles. The monoisotopic (exact) mass is 282 g/mol. The number of para-hydroxylation sites is 1. The summed E-state index contributed by atoms with van der Waals surface area (Å²) in [6.07, 6.45) is 1.65. The number of anilines is 1. The van der Waals surface area contributed by atoms with Gasteiger partial charge in [0.1, 0.15) is 6.07 Å². The molecule has 0 amide bonds. The summed E-state index contributed by atoms with van der Waals surface area (Å²) in [5.74, 6) is 0.464. The van der Waals surface area contributed by atoms with Gasteiger partial charge in [-0.3, -0.25) is 4.98 Å². The lowest BCUT2D eigenvalue weighted by atomic mass is 10.0. The molecule has 0 bridgehead atoms. The quantitative estimate of drug-likeness (QED) is 0.915. The zero-order valence-corrected chi connectivity index (χ0v) is 13.1. The molecule has 110 valence electrons. The fourth-order valence-electron chi connectivity index (χ4n) is 2.38. The number of pyridine rings is 1. The Morgan fingerprint density at radius 3 is 2.62 bits per heavy atom. The Hall–Kier alpha value is -2.12. The van der Waals surface area contributed by atoms with Crippen molar-refractivity contribution in [2.45, 2.75) is 19.9 Å². The van der Waals surface area contributed by atoms with Crippen molar-refractivity contribution in [3.05, 3.63) is 36.0 Å². The van der Waals surface area contributed by atoms with E-state index in [1.54, 1.807) is 6.20 Å². The van der Waals surface area contributed by atoms with Gasteiger partial charge in [-0.2, -0.15) is 5.26 Å². The number of nitriles is 1. The van der Waals surface area contributed by atoms with E-state index < -0.39 is 0 Å². The SMILES string of the molecule is CC(C)C(CN(C)C)Nc1c(C#N)cnc2ccccc12. The smallest absolute Gasteiger partial charge is 0.103 e. The first-order valence-electron chi connectivity index (χ1n) is 7.22. The van der Waals surface area contributed by atoms with Crippen LogP contribution in [-0.2, 0) is 0 Å². The lowest BCUT2D eigenvalue weighted by Gasteiger charge is -2.27. The lowest BCUT2D eigenvalue weighted by molar-refractivity contribution is 0.345. The van der Waals surface area contributed by atoms with E-state index in [-0.39, 0.29) is 6.04 Å². The molecule has 2 aromatic rings. The largest absolute Gasteiger partial charge is 0.379 e. The summed E-state index contributed by atoms with van der Waals surface area (Å²) in [5, 5.41) is 13.9. The van der Waals surface area contributed by atoms with Gasteiger partial charge >= 0.3 is 0 Å². The third-order valence-corrected chi connectivity index (χ3v) is 3.59. The average molecular weight is 282 g/mol. The van der Waals surface area contributed by atoms with Crippen molar-refractivity contribution in [1.29, 1.82) is 5.26 Å². The maximum Gasteiger partial charge on any atom is 0.103 e. The summed E-state index contributed by atoms with van der Waals surface area (Å²) in [5.41, 5.74) is 2.40. The molecule has 1 aromatic heterocycles. The van der Waals surface area contributed by atoms with Crippen molar-refractivity contribution in [1.82, 2.24) is 9.88 Å². The van der Waals surface area contributed by atoms with E-state index in [1.165, 1.54) is 0 Å². The van der Waals surface area contributed by atoms with Crippen LogP contribution in [0.3, 0.4) is 0 Å². The van der Waals surface area contributed by atoms with E-state index >= 15 is 0 Å². The Morgan fingerprint density at radius 2 is 2.00 bits per heavy atom. The van der Waals surface area contributed by atoms with Crippen molar-refractivity contribution in [2.75, 3.05) is 26.0 Å². The molecule has 0 saturated carbocycles. The number of fused-ring (bicyclic) bond motifs is 1. The van der Waals surface area contributed by atoms with Gasteiger partial charge in [-0.15, -0.1) is 0 Å². The number of benzene rings is 1. The van der Waals surface area contributed by atoms with Gasteiger partial charge < -0.3 is 10.2 Å². The van der Waals surface area contributed by atoms with Gasteiger partial charge in [-0.25, -0.2) is 0 Å². The number of likely N-dealkylation sites (N-methyl/N-ethyl adjacent to an activating group) is 1. The molecule has 1 heterocycles. The van der Waals surface area contributed by atoms with Crippen LogP contribution < -0.4 is 5.32 Å². The van der Waals surface area contributed by atoms with Crippen LogP contribution in [0, 0.1) is 17.2 Å². The summed E-state index contributed by atoms with van der Waals surface area (Å²) >= 11 is 0. The molecule has 4 nitrogen and oxygen atoms in total. The van der Waals surface area contributed by atoms with E-state index in [1.807, 2.05) is 24.3 Å². The zero-order valence-electron chi connectivity index (χ0n) is 13.1. The molecule has 0 spiro atoms. The highest BCUT2D eigenvalue weighted by molar-refractivity contribution is 5.93. The van der Waals surface area contributed by atoms with Gasteiger partial charge in [-0.1, -0.05) is 32.0 Å². The first-order chi connectivity index (χ1) is 10.0. The molecule has 1 unspecified atom stereocenters. The Bertz CT molecular complexity index is 655.